The van der Waals surface area contributed by atoms with E-state index in [9.17, 15) is 22.0 Å². The molecule has 0 bridgehead atoms. The first-order valence-electron chi connectivity index (χ1n) is 7.64. The zero-order chi connectivity index (χ0) is 17.6. The van der Waals surface area contributed by atoms with Crippen LogP contribution in [-0.4, -0.2) is 22.6 Å². The molecule has 0 fully saturated rings. The molecule has 1 N–H and O–H groups in total. The number of anilines is 1. The Hall–Kier alpha value is -1.15. The van der Waals surface area contributed by atoms with Gasteiger partial charge in [0.05, 0.1) is 5.60 Å². The maximum atomic E-state index is 13.5. The molecule has 0 heterocycles. The second kappa shape index (κ2) is 8.63. The lowest BCUT2D eigenvalue weighted by Crippen LogP contribution is -2.30. The molecule has 132 valence electrons. The molecule has 1 rings (SSSR count). The molecule has 0 saturated heterocycles. The summed E-state index contributed by atoms with van der Waals surface area (Å²) in [5, 5.41) is 2.30. The van der Waals surface area contributed by atoms with Crippen molar-refractivity contribution < 1.29 is 26.4 Å². The Morgan fingerprint density at radius 1 is 0.870 bits per heavy atom. The van der Waals surface area contributed by atoms with E-state index < -0.39 is 34.8 Å². The second-order valence-corrected chi connectivity index (χ2v) is 5.83. The number of halogens is 5. The predicted octanol–water partition coefficient (Wildman–Crippen LogP) is 3.82. The standard InChI is InChI=1S/C15H22F5NOSi/c1-3-15(4-2,22-23)7-5-6-8-21-14-12(19)10(17)9(16)11(18)13(14)20/h21H,3-8H2,1-2,23H3. The molecule has 23 heavy (non-hydrogen) atoms. The fraction of sp³-hybridized carbons (Fsp3) is 0.600. The Balaban J connectivity index is 2.61. The molecule has 0 saturated carbocycles. The van der Waals surface area contributed by atoms with Gasteiger partial charge in [-0.3, -0.25) is 0 Å². The molecule has 0 aliphatic carbocycles. The Morgan fingerprint density at radius 3 is 1.78 bits per heavy atom. The van der Waals surface area contributed by atoms with Gasteiger partial charge in [0.1, 0.15) is 16.2 Å². The lowest BCUT2D eigenvalue weighted by Gasteiger charge is -2.31. The van der Waals surface area contributed by atoms with Crippen LogP contribution in [0.25, 0.3) is 0 Å². The van der Waals surface area contributed by atoms with E-state index >= 15 is 0 Å². The first-order valence-corrected chi connectivity index (χ1v) is 8.45. The Bertz CT molecular complexity index is 500. The van der Waals surface area contributed by atoms with Gasteiger partial charge in [0, 0.05) is 6.54 Å². The van der Waals surface area contributed by atoms with Crippen LogP contribution >= 0.6 is 0 Å². The highest BCUT2D eigenvalue weighted by molar-refractivity contribution is 5.98. The van der Waals surface area contributed by atoms with Crippen LogP contribution < -0.4 is 5.32 Å². The van der Waals surface area contributed by atoms with Gasteiger partial charge in [0.15, 0.2) is 23.3 Å². The summed E-state index contributed by atoms with van der Waals surface area (Å²) in [7, 11) is 0.625. The third kappa shape index (κ3) is 4.44. The van der Waals surface area contributed by atoms with E-state index in [0.717, 1.165) is 25.7 Å². The van der Waals surface area contributed by atoms with Gasteiger partial charge in [-0.1, -0.05) is 13.8 Å². The minimum atomic E-state index is -2.15. The summed E-state index contributed by atoms with van der Waals surface area (Å²) in [6, 6.07) is 0. The van der Waals surface area contributed by atoms with Crippen molar-refractivity contribution in [1.82, 2.24) is 0 Å². The van der Waals surface area contributed by atoms with Gasteiger partial charge in [-0.2, -0.15) is 0 Å². The van der Waals surface area contributed by atoms with Gasteiger partial charge in [-0.15, -0.1) is 0 Å². The summed E-state index contributed by atoms with van der Waals surface area (Å²) in [6.45, 7) is 4.19. The van der Waals surface area contributed by atoms with Crippen LogP contribution in [0.15, 0.2) is 0 Å². The molecule has 0 atom stereocenters. The minimum Gasteiger partial charge on any atom is -0.422 e. The zero-order valence-electron chi connectivity index (χ0n) is 13.5. The topological polar surface area (TPSA) is 21.3 Å². The molecule has 1 aromatic rings. The number of unbranched alkanes of at least 4 members (excludes halogenated alkanes) is 1. The van der Waals surface area contributed by atoms with Crippen LogP contribution in [0, 0.1) is 29.1 Å². The third-order valence-corrected chi connectivity index (χ3v) is 5.16. The first kappa shape index (κ1) is 19.9. The highest BCUT2D eigenvalue weighted by Crippen LogP contribution is 2.28. The summed E-state index contributed by atoms with van der Waals surface area (Å²) in [6.07, 6.45) is 3.80. The fourth-order valence-corrected chi connectivity index (χ4v) is 3.32. The van der Waals surface area contributed by atoms with E-state index in [2.05, 4.69) is 5.32 Å². The molecule has 1 aromatic carbocycles. The number of hydrogen-bond acceptors (Lipinski definition) is 2. The van der Waals surface area contributed by atoms with E-state index in [0.29, 0.717) is 16.9 Å². The minimum absolute atomic E-state index is 0.114. The van der Waals surface area contributed by atoms with E-state index in [1.807, 2.05) is 13.8 Å². The molecule has 0 aliphatic heterocycles. The van der Waals surface area contributed by atoms with Crippen LogP contribution in [-0.2, 0) is 4.43 Å². The van der Waals surface area contributed by atoms with Crippen molar-refractivity contribution in [2.45, 2.75) is 51.6 Å². The van der Waals surface area contributed by atoms with Crippen molar-refractivity contribution in [3.63, 3.8) is 0 Å². The quantitative estimate of drug-likeness (QED) is 0.239. The van der Waals surface area contributed by atoms with Crippen LogP contribution in [0.2, 0.25) is 0 Å². The van der Waals surface area contributed by atoms with Crippen molar-refractivity contribution >= 4 is 16.2 Å². The average molecular weight is 355 g/mol. The molecular weight excluding hydrogens is 333 g/mol. The molecule has 0 aromatic heterocycles. The van der Waals surface area contributed by atoms with Gasteiger partial charge in [0.2, 0.25) is 5.82 Å². The third-order valence-electron chi connectivity index (χ3n) is 4.29. The maximum Gasteiger partial charge on any atom is 0.200 e. The van der Waals surface area contributed by atoms with Crippen molar-refractivity contribution in [2.24, 2.45) is 0 Å². The van der Waals surface area contributed by atoms with Gasteiger partial charge >= 0.3 is 0 Å². The Morgan fingerprint density at radius 2 is 1.35 bits per heavy atom. The van der Waals surface area contributed by atoms with Crippen LogP contribution in [0.5, 0.6) is 0 Å². The van der Waals surface area contributed by atoms with Crippen molar-refractivity contribution in [3.8, 4) is 0 Å². The molecule has 2 nitrogen and oxygen atoms in total. The van der Waals surface area contributed by atoms with E-state index in [1.165, 1.54) is 0 Å². The normalized spacial score (nSPS) is 12.0. The number of rotatable bonds is 9. The van der Waals surface area contributed by atoms with Gasteiger partial charge in [0.25, 0.3) is 0 Å². The average Bonchev–Trinajstić information content (AvgIpc) is 2.57. The van der Waals surface area contributed by atoms with E-state index in [4.69, 9.17) is 4.43 Å². The highest BCUT2D eigenvalue weighted by atomic mass is 28.2. The summed E-state index contributed by atoms with van der Waals surface area (Å²) >= 11 is 0. The smallest absolute Gasteiger partial charge is 0.200 e. The van der Waals surface area contributed by atoms with Crippen LogP contribution in [0.4, 0.5) is 27.6 Å². The summed E-state index contributed by atoms with van der Waals surface area (Å²) in [4.78, 5) is 0. The SMILES string of the molecule is CCC(CC)(CCCCNc1c(F)c(F)c(F)c(F)c1F)O[SiH3]. The molecule has 0 amide bonds. The van der Waals surface area contributed by atoms with Gasteiger partial charge in [-0.25, -0.2) is 22.0 Å². The molecule has 0 spiro atoms. The van der Waals surface area contributed by atoms with Crippen LogP contribution in [0.1, 0.15) is 46.0 Å². The van der Waals surface area contributed by atoms with E-state index in [-0.39, 0.29) is 12.1 Å². The number of benzene rings is 1. The Kier molecular flexibility index (Phi) is 7.46. The van der Waals surface area contributed by atoms with Crippen molar-refractivity contribution in [3.05, 3.63) is 29.1 Å². The molecule has 0 unspecified atom stereocenters. The lowest BCUT2D eigenvalue weighted by atomic mass is 9.91. The summed E-state index contributed by atoms with van der Waals surface area (Å²) < 4.78 is 71.6. The predicted molar refractivity (Wildman–Crippen MR) is 82.9 cm³/mol. The van der Waals surface area contributed by atoms with Crippen molar-refractivity contribution in [1.29, 1.82) is 0 Å². The van der Waals surface area contributed by atoms with Crippen LogP contribution in [0.3, 0.4) is 0 Å². The fourth-order valence-electron chi connectivity index (χ4n) is 2.54. The zero-order valence-corrected chi connectivity index (χ0v) is 15.5. The Labute approximate surface area is 136 Å². The van der Waals surface area contributed by atoms with Crippen molar-refractivity contribution in [2.75, 3.05) is 11.9 Å². The molecule has 0 radical (unpaired) electrons. The monoisotopic (exact) mass is 355 g/mol. The first-order chi connectivity index (χ1) is 10.8. The molecule has 8 heteroatoms. The van der Waals surface area contributed by atoms with Gasteiger partial charge in [-0.05, 0) is 32.1 Å². The lowest BCUT2D eigenvalue weighted by molar-refractivity contribution is 0.0588. The summed E-state index contributed by atoms with van der Waals surface area (Å²) in [5.74, 6) is -9.69. The molecule has 0 aliphatic rings. The molecular formula is C15H22F5NOSi. The number of hydrogen-bond donors (Lipinski definition) is 1. The highest BCUT2D eigenvalue weighted by Gasteiger charge is 2.26. The maximum absolute atomic E-state index is 13.5. The largest absolute Gasteiger partial charge is 0.422 e. The summed E-state index contributed by atoms with van der Waals surface area (Å²) in [5.41, 5.74) is -1.14. The second-order valence-electron chi connectivity index (χ2n) is 5.42. The van der Waals surface area contributed by atoms with E-state index in [1.54, 1.807) is 0 Å². The number of nitrogens with one attached hydrogen (secondary N) is 1. The van der Waals surface area contributed by atoms with Gasteiger partial charge < -0.3 is 9.74 Å².